The van der Waals surface area contributed by atoms with Crippen molar-refractivity contribution in [2.45, 2.75) is 33.3 Å². The normalized spacial score (nSPS) is 11.2. The molecular formula is C17H19ClFN3O4S. The van der Waals surface area contributed by atoms with Gasteiger partial charge in [-0.3, -0.25) is 4.98 Å². The molecule has 146 valence electrons. The number of rotatable bonds is 4. The maximum absolute atomic E-state index is 13.4. The lowest BCUT2D eigenvalue weighted by atomic mass is 10.2. The smallest absolute Gasteiger partial charge is 0.425 e. The van der Waals surface area contributed by atoms with Gasteiger partial charge in [-0.25, -0.2) is 19.0 Å². The van der Waals surface area contributed by atoms with Gasteiger partial charge in [-0.05, 0) is 33.8 Å². The highest BCUT2D eigenvalue weighted by atomic mass is 35.5. The number of halogens is 2. The first-order valence-electron chi connectivity index (χ1n) is 7.96. The lowest BCUT2D eigenvalue weighted by molar-refractivity contribution is 0.0571. The number of carbonyl (C=O) groups excluding carboxylic acids is 2. The minimum atomic E-state index is -0.930. The van der Waals surface area contributed by atoms with Crippen molar-refractivity contribution in [3.05, 3.63) is 30.0 Å². The Morgan fingerprint density at radius 2 is 2.00 bits per heavy atom. The monoisotopic (exact) mass is 415 g/mol. The minimum absolute atomic E-state index is 0.0712. The summed E-state index contributed by atoms with van der Waals surface area (Å²) in [5, 5.41) is 0.608. The molecule has 0 saturated carbocycles. The van der Waals surface area contributed by atoms with Crippen LogP contribution in [0.1, 0.15) is 26.5 Å². The SMILES string of the molecule is Cc1nc(-c2cncc(F)c2)sc1N(C(=O)OCCCl)C(=O)OC(C)(C)C. The van der Waals surface area contributed by atoms with Crippen LogP contribution in [0.3, 0.4) is 0 Å². The molecule has 2 heterocycles. The van der Waals surface area contributed by atoms with Crippen molar-refractivity contribution < 1.29 is 23.5 Å². The maximum Gasteiger partial charge on any atom is 0.425 e. The van der Waals surface area contributed by atoms with Gasteiger partial charge in [0.05, 0.1) is 17.8 Å². The number of aryl methyl sites for hydroxylation is 1. The lowest BCUT2D eigenvalue weighted by Gasteiger charge is -2.25. The number of thiazole rings is 1. The number of carbonyl (C=O) groups is 2. The Bertz CT molecular complexity index is 838. The molecule has 0 aromatic carbocycles. The summed E-state index contributed by atoms with van der Waals surface area (Å²) < 4.78 is 23.7. The Morgan fingerprint density at radius 1 is 1.30 bits per heavy atom. The van der Waals surface area contributed by atoms with Crippen LogP contribution in [0.5, 0.6) is 0 Å². The van der Waals surface area contributed by atoms with Gasteiger partial charge in [0.1, 0.15) is 28.0 Å². The third-order valence-electron chi connectivity index (χ3n) is 2.99. The summed E-state index contributed by atoms with van der Waals surface area (Å²) in [7, 11) is 0. The second-order valence-electron chi connectivity index (χ2n) is 6.42. The van der Waals surface area contributed by atoms with E-state index < -0.39 is 23.6 Å². The van der Waals surface area contributed by atoms with E-state index in [4.69, 9.17) is 21.1 Å². The highest BCUT2D eigenvalue weighted by Crippen LogP contribution is 2.35. The summed E-state index contributed by atoms with van der Waals surface area (Å²) in [6, 6.07) is 1.26. The zero-order valence-electron chi connectivity index (χ0n) is 15.3. The molecule has 0 bridgehead atoms. The third-order valence-corrected chi connectivity index (χ3v) is 4.33. The van der Waals surface area contributed by atoms with Gasteiger partial charge in [-0.2, -0.15) is 4.90 Å². The maximum atomic E-state index is 13.4. The topological polar surface area (TPSA) is 81.6 Å². The summed E-state index contributed by atoms with van der Waals surface area (Å²) in [6.45, 7) is 6.58. The van der Waals surface area contributed by atoms with Crippen molar-refractivity contribution in [2.24, 2.45) is 0 Å². The van der Waals surface area contributed by atoms with Gasteiger partial charge in [0.15, 0.2) is 0 Å². The fourth-order valence-corrected chi connectivity index (χ4v) is 3.09. The number of anilines is 1. The molecule has 2 aromatic heterocycles. The zero-order chi connectivity index (χ0) is 20.2. The minimum Gasteiger partial charge on any atom is -0.447 e. The van der Waals surface area contributed by atoms with E-state index in [1.165, 1.54) is 12.3 Å². The fraction of sp³-hybridized carbons (Fsp3) is 0.412. The van der Waals surface area contributed by atoms with E-state index in [1.54, 1.807) is 27.7 Å². The molecule has 0 spiro atoms. The van der Waals surface area contributed by atoms with E-state index in [1.807, 2.05) is 0 Å². The van der Waals surface area contributed by atoms with Crippen molar-refractivity contribution in [3.63, 3.8) is 0 Å². The van der Waals surface area contributed by atoms with Crippen molar-refractivity contribution in [1.29, 1.82) is 0 Å². The molecule has 0 fully saturated rings. The molecule has 0 unspecified atom stereocenters. The number of nitrogens with zero attached hydrogens (tertiary/aromatic N) is 3. The van der Waals surface area contributed by atoms with Crippen LogP contribution >= 0.6 is 22.9 Å². The van der Waals surface area contributed by atoms with Crippen LogP contribution in [0.2, 0.25) is 0 Å². The average Bonchev–Trinajstić information content (AvgIpc) is 2.93. The quantitative estimate of drug-likeness (QED) is 0.669. The Balaban J connectivity index is 2.43. The number of pyridine rings is 1. The largest absolute Gasteiger partial charge is 0.447 e. The molecule has 2 rings (SSSR count). The molecule has 0 radical (unpaired) electrons. The third kappa shape index (κ3) is 5.61. The van der Waals surface area contributed by atoms with Gasteiger partial charge in [0.25, 0.3) is 0 Å². The number of hydrogen-bond donors (Lipinski definition) is 0. The summed E-state index contributed by atoms with van der Waals surface area (Å²) in [5.41, 5.74) is -0.0173. The Kier molecular flexibility index (Phi) is 6.72. The van der Waals surface area contributed by atoms with Gasteiger partial charge in [-0.1, -0.05) is 11.3 Å². The number of amides is 2. The first-order chi connectivity index (χ1) is 12.6. The van der Waals surface area contributed by atoms with E-state index in [0.29, 0.717) is 16.3 Å². The summed E-state index contributed by atoms with van der Waals surface area (Å²) in [5.74, 6) is -0.442. The van der Waals surface area contributed by atoms with Gasteiger partial charge >= 0.3 is 12.2 Å². The van der Waals surface area contributed by atoms with Crippen LogP contribution in [0.25, 0.3) is 10.6 Å². The number of ether oxygens (including phenoxy) is 2. The molecule has 0 aliphatic heterocycles. The number of aromatic nitrogens is 2. The van der Waals surface area contributed by atoms with Crippen LogP contribution in [-0.2, 0) is 9.47 Å². The van der Waals surface area contributed by atoms with E-state index in [-0.39, 0.29) is 17.5 Å². The predicted molar refractivity (Wildman–Crippen MR) is 101 cm³/mol. The zero-order valence-corrected chi connectivity index (χ0v) is 16.9. The van der Waals surface area contributed by atoms with Gasteiger partial charge in [-0.15, -0.1) is 11.6 Å². The molecule has 0 atom stereocenters. The van der Waals surface area contributed by atoms with Gasteiger partial charge in [0, 0.05) is 11.8 Å². The van der Waals surface area contributed by atoms with E-state index in [0.717, 1.165) is 22.4 Å². The second-order valence-corrected chi connectivity index (χ2v) is 7.78. The van der Waals surface area contributed by atoms with Crippen LogP contribution in [0, 0.1) is 12.7 Å². The van der Waals surface area contributed by atoms with Gasteiger partial charge in [0.2, 0.25) is 0 Å². The van der Waals surface area contributed by atoms with Crippen LogP contribution in [0.4, 0.5) is 19.0 Å². The van der Waals surface area contributed by atoms with Crippen LogP contribution < -0.4 is 4.90 Å². The molecule has 7 nitrogen and oxygen atoms in total. The molecular weight excluding hydrogens is 397 g/mol. The predicted octanol–water partition coefficient (Wildman–Crippen LogP) is 4.77. The van der Waals surface area contributed by atoms with E-state index in [2.05, 4.69) is 9.97 Å². The highest BCUT2D eigenvalue weighted by Gasteiger charge is 2.33. The number of hydrogen-bond acceptors (Lipinski definition) is 7. The molecule has 10 heteroatoms. The summed E-state index contributed by atoms with van der Waals surface area (Å²) in [6.07, 6.45) is 0.675. The van der Waals surface area contributed by atoms with Gasteiger partial charge < -0.3 is 9.47 Å². The molecule has 2 amide bonds. The van der Waals surface area contributed by atoms with Crippen LogP contribution in [-0.4, -0.2) is 40.2 Å². The number of imide groups is 1. The fourth-order valence-electron chi connectivity index (χ4n) is 1.99. The first kappa shape index (κ1) is 21.0. The van der Waals surface area contributed by atoms with Crippen molar-refractivity contribution >= 4 is 40.1 Å². The van der Waals surface area contributed by atoms with E-state index >= 15 is 0 Å². The summed E-state index contributed by atoms with van der Waals surface area (Å²) >= 11 is 6.57. The average molecular weight is 416 g/mol. The first-order valence-corrected chi connectivity index (χ1v) is 9.31. The molecule has 0 N–H and O–H groups in total. The lowest BCUT2D eigenvalue weighted by Crippen LogP contribution is -2.41. The second kappa shape index (κ2) is 8.62. The molecule has 27 heavy (non-hydrogen) atoms. The van der Waals surface area contributed by atoms with Crippen molar-refractivity contribution in [3.8, 4) is 10.6 Å². The Hall–Kier alpha value is -2.26. The molecule has 0 aliphatic carbocycles. The summed E-state index contributed by atoms with van der Waals surface area (Å²) in [4.78, 5) is 33.9. The molecule has 0 aliphatic rings. The van der Waals surface area contributed by atoms with Crippen LogP contribution in [0.15, 0.2) is 18.5 Å². The van der Waals surface area contributed by atoms with Crippen molar-refractivity contribution in [2.75, 3.05) is 17.4 Å². The Morgan fingerprint density at radius 3 is 2.59 bits per heavy atom. The van der Waals surface area contributed by atoms with E-state index in [9.17, 15) is 14.0 Å². The molecule has 0 saturated heterocycles. The van der Waals surface area contributed by atoms with Crippen molar-refractivity contribution in [1.82, 2.24) is 9.97 Å². The Labute approximate surface area is 165 Å². The number of alkyl halides is 1. The molecule has 2 aromatic rings. The highest BCUT2D eigenvalue weighted by molar-refractivity contribution is 7.19. The standard InChI is InChI=1S/C17H19ClFN3O4S/c1-10-14(27-13(21-10)11-7-12(19)9-20-8-11)22(15(23)25-6-5-18)16(24)26-17(2,3)4/h7-9H,5-6H2,1-4H3.